The molecule has 10 nitrogen and oxygen atoms in total. The maximum Gasteiger partial charge on any atom is 0.292 e. The number of para-hydroxylation sites is 2. The summed E-state index contributed by atoms with van der Waals surface area (Å²) in [5.41, 5.74) is 0.990. The van der Waals surface area contributed by atoms with Crippen LogP contribution in [0.2, 0.25) is 0 Å². The Bertz CT molecular complexity index is 878. The molecule has 0 aliphatic carbocycles. The van der Waals surface area contributed by atoms with Crippen molar-refractivity contribution in [3.05, 3.63) is 68.8 Å². The van der Waals surface area contributed by atoms with Gasteiger partial charge in [-0.1, -0.05) is 12.1 Å². The van der Waals surface area contributed by atoms with Crippen LogP contribution in [0.15, 0.2) is 48.5 Å². The molecule has 2 aromatic carbocycles. The quantitative estimate of drug-likeness (QED) is 0.598. The summed E-state index contributed by atoms with van der Waals surface area (Å²) in [6.45, 7) is 2.77. The zero-order valence-corrected chi connectivity index (χ0v) is 15.0. The molecule has 1 fully saturated rings. The number of nitrogens with zero attached hydrogens (tertiary/aromatic N) is 4. The summed E-state index contributed by atoms with van der Waals surface area (Å²) in [7, 11) is 0. The van der Waals surface area contributed by atoms with Crippen LogP contribution in [0.4, 0.5) is 22.7 Å². The molecule has 10 heteroatoms. The van der Waals surface area contributed by atoms with Crippen LogP contribution in [0.25, 0.3) is 0 Å². The number of piperazine rings is 1. The Balaban J connectivity index is 1.52. The summed E-state index contributed by atoms with van der Waals surface area (Å²) >= 11 is 0. The highest BCUT2D eigenvalue weighted by atomic mass is 16.6. The first kappa shape index (κ1) is 19.2. The highest BCUT2D eigenvalue weighted by Crippen LogP contribution is 2.23. The van der Waals surface area contributed by atoms with E-state index in [0.717, 1.165) is 5.69 Å². The van der Waals surface area contributed by atoms with Crippen LogP contribution < -0.4 is 10.2 Å². The molecule has 0 aromatic heterocycles. The normalized spacial score (nSPS) is 14.5. The number of rotatable bonds is 6. The number of nitro benzene ring substituents is 2. The van der Waals surface area contributed by atoms with Gasteiger partial charge in [-0.3, -0.25) is 29.9 Å². The number of anilines is 2. The summed E-state index contributed by atoms with van der Waals surface area (Å²) in [5, 5.41) is 24.4. The maximum absolute atomic E-state index is 12.3. The van der Waals surface area contributed by atoms with Crippen molar-refractivity contribution in [3.8, 4) is 0 Å². The molecule has 0 radical (unpaired) electrons. The summed E-state index contributed by atoms with van der Waals surface area (Å²) in [6, 6.07) is 12.4. The highest BCUT2D eigenvalue weighted by molar-refractivity contribution is 5.94. The van der Waals surface area contributed by atoms with Gasteiger partial charge < -0.3 is 10.2 Å². The van der Waals surface area contributed by atoms with Gasteiger partial charge in [-0.25, -0.2) is 0 Å². The Morgan fingerprint density at radius 3 is 2.18 bits per heavy atom. The molecule has 1 heterocycles. The van der Waals surface area contributed by atoms with E-state index in [1.807, 2.05) is 4.90 Å². The number of hydrogen-bond acceptors (Lipinski definition) is 7. The van der Waals surface area contributed by atoms with Gasteiger partial charge in [0.1, 0.15) is 5.69 Å². The summed E-state index contributed by atoms with van der Waals surface area (Å²) in [4.78, 5) is 37.1. The van der Waals surface area contributed by atoms with Crippen molar-refractivity contribution >= 4 is 28.7 Å². The number of carbonyl (C=O) groups is 1. The van der Waals surface area contributed by atoms with E-state index < -0.39 is 9.85 Å². The molecule has 0 bridgehead atoms. The lowest BCUT2D eigenvalue weighted by Crippen LogP contribution is -2.48. The molecular formula is C18H19N5O5. The van der Waals surface area contributed by atoms with Crippen LogP contribution in [0.5, 0.6) is 0 Å². The smallest absolute Gasteiger partial charge is 0.292 e. The molecule has 28 heavy (non-hydrogen) atoms. The Labute approximate surface area is 160 Å². The molecule has 0 spiro atoms. The molecule has 0 atom stereocenters. The third-order valence-corrected chi connectivity index (χ3v) is 4.54. The van der Waals surface area contributed by atoms with E-state index in [1.54, 1.807) is 24.3 Å². The Morgan fingerprint density at radius 2 is 1.57 bits per heavy atom. The van der Waals surface area contributed by atoms with Gasteiger partial charge in [0.2, 0.25) is 5.91 Å². The van der Waals surface area contributed by atoms with Crippen molar-refractivity contribution in [1.82, 2.24) is 4.90 Å². The first-order valence-corrected chi connectivity index (χ1v) is 8.69. The number of nitrogens with one attached hydrogen (secondary N) is 1. The van der Waals surface area contributed by atoms with Crippen molar-refractivity contribution in [2.24, 2.45) is 0 Å². The first-order valence-electron chi connectivity index (χ1n) is 8.69. The number of nitro groups is 2. The highest BCUT2D eigenvalue weighted by Gasteiger charge is 2.21. The molecule has 2 aromatic rings. The van der Waals surface area contributed by atoms with E-state index in [1.165, 1.54) is 24.3 Å². The van der Waals surface area contributed by atoms with Crippen LogP contribution in [0.1, 0.15) is 0 Å². The van der Waals surface area contributed by atoms with E-state index in [0.29, 0.717) is 26.2 Å². The van der Waals surface area contributed by atoms with Crippen LogP contribution in [0, 0.1) is 20.2 Å². The standard InChI is InChI=1S/C18H19N5O5/c24-18(19-16-3-1-2-4-17(16)23(27)28)13-20-9-11-21(12-10-20)14-5-7-15(8-6-14)22(25)26/h1-8H,9-13H2,(H,19,24). The second-order valence-electron chi connectivity index (χ2n) is 6.36. The van der Waals surface area contributed by atoms with Crippen molar-refractivity contribution in [2.45, 2.75) is 0 Å². The van der Waals surface area contributed by atoms with Crippen LogP contribution in [-0.2, 0) is 4.79 Å². The van der Waals surface area contributed by atoms with E-state index in [4.69, 9.17) is 0 Å². The van der Waals surface area contributed by atoms with Crippen molar-refractivity contribution in [2.75, 3.05) is 42.9 Å². The van der Waals surface area contributed by atoms with Crippen LogP contribution in [-0.4, -0.2) is 53.4 Å². The van der Waals surface area contributed by atoms with Gasteiger partial charge in [-0.05, 0) is 18.2 Å². The fraction of sp³-hybridized carbons (Fsp3) is 0.278. The average Bonchev–Trinajstić information content (AvgIpc) is 2.69. The third kappa shape index (κ3) is 4.60. The van der Waals surface area contributed by atoms with Gasteiger partial charge >= 0.3 is 0 Å². The van der Waals surface area contributed by atoms with E-state index >= 15 is 0 Å². The lowest BCUT2D eigenvalue weighted by atomic mass is 10.2. The van der Waals surface area contributed by atoms with Crippen LogP contribution in [0.3, 0.4) is 0 Å². The lowest BCUT2D eigenvalue weighted by Gasteiger charge is -2.35. The molecule has 1 aliphatic heterocycles. The van der Waals surface area contributed by atoms with Crippen molar-refractivity contribution in [1.29, 1.82) is 0 Å². The number of benzene rings is 2. The van der Waals surface area contributed by atoms with Gasteiger partial charge in [0, 0.05) is 50.1 Å². The fourth-order valence-electron chi connectivity index (χ4n) is 3.08. The number of carbonyl (C=O) groups excluding carboxylic acids is 1. The molecule has 3 rings (SSSR count). The number of hydrogen-bond donors (Lipinski definition) is 1. The second kappa shape index (κ2) is 8.44. The molecular weight excluding hydrogens is 366 g/mol. The number of non-ortho nitro benzene ring substituents is 1. The Kier molecular flexibility index (Phi) is 5.80. The predicted molar refractivity (Wildman–Crippen MR) is 103 cm³/mol. The lowest BCUT2D eigenvalue weighted by molar-refractivity contribution is -0.384. The molecule has 0 saturated carbocycles. The minimum atomic E-state index is -0.529. The Morgan fingerprint density at radius 1 is 0.929 bits per heavy atom. The van der Waals surface area contributed by atoms with E-state index in [2.05, 4.69) is 10.2 Å². The molecule has 1 aliphatic rings. The SMILES string of the molecule is O=C(CN1CCN(c2ccc([N+](=O)[O-])cc2)CC1)Nc1ccccc1[N+](=O)[O-]. The largest absolute Gasteiger partial charge is 0.369 e. The number of amides is 1. The predicted octanol–water partition coefficient (Wildman–Crippen LogP) is 2.26. The minimum absolute atomic E-state index is 0.0501. The Hall–Kier alpha value is -3.53. The molecule has 1 N–H and O–H groups in total. The molecule has 1 saturated heterocycles. The van der Waals surface area contributed by atoms with Gasteiger partial charge in [-0.2, -0.15) is 0 Å². The van der Waals surface area contributed by atoms with Crippen LogP contribution >= 0.6 is 0 Å². The van der Waals surface area contributed by atoms with Crippen molar-refractivity contribution in [3.63, 3.8) is 0 Å². The van der Waals surface area contributed by atoms with Gasteiger partial charge in [0.25, 0.3) is 11.4 Å². The summed E-state index contributed by atoms with van der Waals surface area (Å²) in [6.07, 6.45) is 0. The van der Waals surface area contributed by atoms with Gasteiger partial charge in [-0.15, -0.1) is 0 Å². The average molecular weight is 385 g/mol. The van der Waals surface area contributed by atoms with E-state index in [9.17, 15) is 25.0 Å². The monoisotopic (exact) mass is 385 g/mol. The fourth-order valence-corrected chi connectivity index (χ4v) is 3.08. The third-order valence-electron chi connectivity index (χ3n) is 4.54. The second-order valence-corrected chi connectivity index (χ2v) is 6.36. The molecule has 146 valence electrons. The minimum Gasteiger partial charge on any atom is -0.369 e. The van der Waals surface area contributed by atoms with Gasteiger partial charge in [0.15, 0.2) is 0 Å². The van der Waals surface area contributed by atoms with E-state index in [-0.39, 0.29) is 29.5 Å². The first-order chi connectivity index (χ1) is 13.4. The molecule has 1 amide bonds. The van der Waals surface area contributed by atoms with Gasteiger partial charge in [0.05, 0.1) is 16.4 Å². The maximum atomic E-state index is 12.3. The zero-order valence-electron chi connectivity index (χ0n) is 15.0. The topological polar surface area (TPSA) is 122 Å². The summed E-state index contributed by atoms with van der Waals surface area (Å²) in [5.74, 6) is -0.307. The zero-order chi connectivity index (χ0) is 20.1. The van der Waals surface area contributed by atoms with Crippen molar-refractivity contribution < 1.29 is 14.6 Å². The summed E-state index contributed by atoms with van der Waals surface area (Å²) < 4.78 is 0. The molecule has 0 unspecified atom stereocenters.